The van der Waals surface area contributed by atoms with Crippen LogP contribution in [0.1, 0.15) is 24.2 Å². The average molecular weight is 288 g/mol. The van der Waals surface area contributed by atoms with Crippen molar-refractivity contribution in [2.75, 3.05) is 13.7 Å². The van der Waals surface area contributed by atoms with E-state index in [-0.39, 0.29) is 6.61 Å². The lowest BCUT2D eigenvalue weighted by Gasteiger charge is -2.25. The molecule has 0 bridgehead atoms. The zero-order valence-electron chi connectivity index (χ0n) is 11.2. The molecule has 8 heteroatoms. The SMILES string of the molecule is COCC(C)(C)NC(=O)c1cc(F)c([N+](=O)[O-])cc1F. The van der Waals surface area contributed by atoms with Crippen LogP contribution in [0.25, 0.3) is 0 Å². The number of benzene rings is 1. The van der Waals surface area contributed by atoms with Gasteiger partial charge >= 0.3 is 5.69 Å². The second kappa shape index (κ2) is 5.91. The van der Waals surface area contributed by atoms with Crippen molar-refractivity contribution in [3.05, 3.63) is 39.4 Å². The normalized spacial score (nSPS) is 11.2. The summed E-state index contributed by atoms with van der Waals surface area (Å²) in [6.07, 6.45) is 0. The number of nitro benzene ring substituents is 1. The number of hydrogen-bond donors (Lipinski definition) is 1. The molecule has 1 aromatic rings. The summed E-state index contributed by atoms with van der Waals surface area (Å²) in [6.45, 7) is 3.43. The molecule has 0 radical (unpaired) electrons. The van der Waals surface area contributed by atoms with Crippen LogP contribution in [-0.4, -0.2) is 30.1 Å². The van der Waals surface area contributed by atoms with Gasteiger partial charge in [-0.25, -0.2) is 4.39 Å². The molecular formula is C12H14F2N2O4. The van der Waals surface area contributed by atoms with Crippen LogP contribution in [-0.2, 0) is 4.74 Å². The fourth-order valence-electron chi connectivity index (χ4n) is 1.62. The van der Waals surface area contributed by atoms with Gasteiger partial charge in [0.1, 0.15) is 5.82 Å². The second-order valence-electron chi connectivity index (χ2n) is 4.81. The van der Waals surface area contributed by atoms with Gasteiger partial charge in [0.25, 0.3) is 5.91 Å². The van der Waals surface area contributed by atoms with Crippen molar-refractivity contribution in [3.63, 3.8) is 0 Å². The van der Waals surface area contributed by atoms with Gasteiger partial charge in [-0.15, -0.1) is 0 Å². The van der Waals surface area contributed by atoms with E-state index in [1.54, 1.807) is 13.8 Å². The van der Waals surface area contributed by atoms with Crippen LogP contribution in [0.4, 0.5) is 14.5 Å². The Kier molecular flexibility index (Phi) is 4.72. The third-order valence-electron chi connectivity index (χ3n) is 2.43. The van der Waals surface area contributed by atoms with Gasteiger partial charge < -0.3 is 10.1 Å². The van der Waals surface area contributed by atoms with Crippen LogP contribution in [0.3, 0.4) is 0 Å². The number of nitrogens with one attached hydrogen (secondary N) is 1. The molecule has 0 aromatic heterocycles. The van der Waals surface area contributed by atoms with Gasteiger partial charge in [0, 0.05) is 7.11 Å². The lowest BCUT2D eigenvalue weighted by Crippen LogP contribution is -2.47. The predicted octanol–water partition coefficient (Wildman–Crippen LogP) is 2.03. The summed E-state index contributed by atoms with van der Waals surface area (Å²) in [4.78, 5) is 21.2. The van der Waals surface area contributed by atoms with Crippen LogP contribution in [0.5, 0.6) is 0 Å². The molecule has 1 rings (SSSR count). The van der Waals surface area contributed by atoms with Crippen molar-refractivity contribution >= 4 is 11.6 Å². The Hall–Kier alpha value is -2.09. The first kappa shape index (κ1) is 16.0. The maximum atomic E-state index is 13.6. The van der Waals surface area contributed by atoms with Gasteiger partial charge in [0.05, 0.1) is 28.7 Å². The van der Waals surface area contributed by atoms with Crippen molar-refractivity contribution in [2.24, 2.45) is 0 Å². The molecule has 1 aromatic carbocycles. The van der Waals surface area contributed by atoms with Gasteiger partial charge in [-0.05, 0) is 19.9 Å². The van der Waals surface area contributed by atoms with E-state index < -0.39 is 39.3 Å². The highest BCUT2D eigenvalue weighted by molar-refractivity contribution is 5.95. The van der Waals surface area contributed by atoms with Crippen molar-refractivity contribution in [2.45, 2.75) is 19.4 Å². The number of halogens is 2. The molecule has 1 N–H and O–H groups in total. The fraction of sp³-hybridized carbons (Fsp3) is 0.417. The minimum atomic E-state index is -1.27. The van der Waals surface area contributed by atoms with E-state index in [9.17, 15) is 23.7 Å². The summed E-state index contributed by atoms with van der Waals surface area (Å²) < 4.78 is 31.9. The number of nitrogens with zero attached hydrogens (tertiary/aromatic N) is 1. The first-order valence-corrected chi connectivity index (χ1v) is 5.63. The van der Waals surface area contributed by atoms with Crippen molar-refractivity contribution in [3.8, 4) is 0 Å². The van der Waals surface area contributed by atoms with Gasteiger partial charge in [0.15, 0.2) is 0 Å². The molecule has 0 aliphatic carbocycles. The highest BCUT2D eigenvalue weighted by Crippen LogP contribution is 2.21. The molecule has 0 heterocycles. The summed E-state index contributed by atoms with van der Waals surface area (Å²) >= 11 is 0. The number of rotatable bonds is 5. The standard InChI is InChI=1S/C12H14F2N2O4/c1-12(2,6-20-3)15-11(17)7-4-9(14)10(16(18)19)5-8(7)13/h4-5H,6H2,1-3H3,(H,15,17). The Morgan fingerprint density at radius 1 is 1.40 bits per heavy atom. The number of ether oxygens (including phenoxy) is 1. The minimum Gasteiger partial charge on any atom is -0.382 e. The van der Waals surface area contributed by atoms with Crippen molar-refractivity contribution < 1.29 is 23.2 Å². The number of nitro groups is 1. The predicted molar refractivity (Wildman–Crippen MR) is 66.4 cm³/mol. The second-order valence-corrected chi connectivity index (χ2v) is 4.81. The molecule has 0 aliphatic rings. The summed E-state index contributed by atoms with van der Waals surface area (Å²) in [5, 5.41) is 12.9. The van der Waals surface area contributed by atoms with E-state index in [0.29, 0.717) is 12.1 Å². The summed E-state index contributed by atoms with van der Waals surface area (Å²) in [6, 6.07) is 0.888. The van der Waals surface area contributed by atoms with E-state index in [4.69, 9.17) is 4.74 Å². The lowest BCUT2D eigenvalue weighted by molar-refractivity contribution is -0.387. The van der Waals surface area contributed by atoms with Crippen LogP contribution < -0.4 is 5.32 Å². The molecule has 0 unspecified atom stereocenters. The zero-order valence-corrected chi connectivity index (χ0v) is 11.2. The molecule has 0 aliphatic heterocycles. The molecule has 0 atom stereocenters. The number of carbonyl (C=O) groups is 1. The van der Waals surface area contributed by atoms with Gasteiger partial charge in [-0.3, -0.25) is 14.9 Å². The van der Waals surface area contributed by atoms with Crippen molar-refractivity contribution in [1.29, 1.82) is 0 Å². The van der Waals surface area contributed by atoms with Crippen LogP contribution in [0.15, 0.2) is 12.1 Å². The minimum absolute atomic E-state index is 0.163. The molecule has 110 valence electrons. The maximum absolute atomic E-state index is 13.6. The molecule has 1 amide bonds. The summed E-state index contributed by atoms with van der Waals surface area (Å²) in [5.41, 5.74) is -2.41. The molecule has 0 saturated heterocycles. The Morgan fingerprint density at radius 3 is 2.50 bits per heavy atom. The first-order valence-electron chi connectivity index (χ1n) is 5.63. The molecule has 0 fully saturated rings. The monoisotopic (exact) mass is 288 g/mol. The number of carbonyl (C=O) groups excluding carboxylic acids is 1. The highest BCUT2D eigenvalue weighted by atomic mass is 19.1. The smallest absolute Gasteiger partial charge is 0.307 e. The van der Waals surface area contributed by atoms with Gasteiger partial charge in [0.2, 0.25) is 5.82 Å². The van der Waals surface area contributed by atoms with E-state index in [1.807, 2.05) is 0 Å². The molecule has 6 nitrogen and oxygen atoms in total. The van der Waals surface area contributed by atoms with Crippen molar-refractivity contribution in [1.82, 2.24) is 5.32 Å². The Morgan fingerprint density at radius 2 is 2.00 bits per heavy atom. The van der Waals surface area contributed by atoms with E-state index in [2.05, 4.69) is 5.32 Å². The maximum Gasteiger partial charge on any atom is 0.307 e. The quantitative estimate of drug-likeness (QED) is 0.664. The lowest BCUT2D eigenvalue weighted by atomic mass is 10.1. The molecule has 20 heavy (non-hydrogen) atoms. The Bertz CT molecular complexity index is 547. The van der Waals surface area contributed by atoms with E-state index in [1.165, 1.54) is 7.11 Å². The van der Waals surface area contributed by atoms with Crippen LogP contribution in [0, 0.1) is 21.7 Å². The zero-order chi connectivity index (χ0) is 15.5. The summed E-state index contributed by atoms with van der Waals surface area (Å²) in [7, 11) is 1.43. The largest absolute Gasteiger partial charge is 0.382 e. The topological polar surface area (TPSA) is 81.5 Å². The number of amides is 1. The van der Waals surface area contributed by atoms with Gasteiger partial charge in [-0.2, -0.15) is 4.39 Å². The number of hydrogen-bond acceptors (Lipinski definition) is 4. The Labute approximate surface area is 113 Å². The van der Waals surface area contributed by atoms with Crippen LogP contribution in [0.2, 0.25) is 0 Å². The molecular weight excluding hydrogens is 274 g/mol. The van der Waals surface area contributed by atoms with E-state index in [0.717, 1.165) is 0 Å². The summed E-state index contributed by atoms with van der Waals surface area (Å²) in [5.74, 6) is -3.31. The molecule has 0 saturated carbocycles. The average Bonchev–Trinajstić information content (AvgIpc) is 2.30. The third-order valence-corrected chi connectivity index (χ3v) is 2.43. The van der Waals surface area contributed by atoms with Gasteiger partial charge in [-0.1, -0.05) is 0 Å². The number of methoxy groups -OCH3 is 1. The fourth-order valence-corrected chi connectivity index (χ4v) is 1.62. The van der Waals surface area contributed by atoms with E-state index >= 15 is 0 Å². The molecule has 0 spiro atoms. The first-order chi connectivity index (χ1) is 9.18. The third kappa shape index (κ3) is 3.70. The highest BCUT2D eigenvalue weighted by Gasteiger charge is 2.26. The van der Waals surface area contributed by atoms with Crippen LogP contribution >= 0.6 is 0 Å². The Balaban J connectivity index is 3.06.